The van der Waals surface area contributed by atoms with Crippen molar-refractivity contribution < 1.29 is 19.0 Å². The molecule has 0 radical (unpaired) electrons. The Bertz CT molecular complexity index is 1570. The molecule has 1 atom stereocenters. The number of benzene rings is 3. The van der Waals surface area contributed by atoms with Gasteiger partial charge in [-0.2, -0.15) is 4.98 Å². The zero-order valence-electron chi connectivity index (χ0n) is 22.6. The van der Waals surface area contributed by atoms with E-state index in [2.05, 4.69) is 10.1 Å². The topological polar surface area (TPSA) is 123 Å². The van der Waals surface area contributed by atoms with Crippen molar-refractivity contribution in [2.45, 2.75) is 31.8 Å². The van der Waals surface area contributed by atoms with Crippen LogP contribution in [0.5, 0.6) is 0 Å². The third kappa shape index (κ3) is 7.08. The molecule has 0 N–H and O–H groups in total. The predicted octanol–water partition coefficient (Wildman–Crippen LogP) is 6.09. The highest BCUT2D eigenvalue weighted by atomic mass is 35.5. The molecule has 214 valence electrons. The summed E-state index contributed by atoms with van der Waals surface area (Å²) >= 11 is 6.00. The van der Waals surface area contributed by atoms with Crippen LogP contribution in [0.3, 0.4) is 0 Å². The third-order valence-electron chi connectivity index (χ3n) is 7.03. The van der Waals surface area contributed by atoms with Crippen LogP contribution in [0.4, 0.5) is 5.69 Å². The lowest BCUT2D eigenvalue weighted by atomic mass is 10.0. The van der Waals surface area contributed by atoms with Crippen LogP contribution < -0.4 is 0 Å². The van der Waals surface area contributed by atoms with Gasteiger partial charge in [-0.3, -0.25) is 19.7 Å². The quantitative estimate of drug-likeness (QED) is 0.132. The van der Waals surface area contributed by atoms with E-state index in [1.807, 2.05) is 30.3 Å². The number of nitro benzene ring substituents is 1. The summed E-state index contributed by atoms with van der Waals surface area (Å²) in [7, 11) is 0. The number of amides is 2. The minimum absolute atomic E-state index is 0.0348. The van der Waals surface area contributed by atoms with Gasteiger partial charge in [-0.15, -0.1) is 0 Å². The van der Waals surface area contributed by atoms with Crippen molar-refractivity contribution in [1.29, 1.82) is 0 Å². The van der Waals surface area contributed by atoms with Crippen LogP contribution >= 0.6 is 11.6 Å². The minimum atomic E-state index is -0.480. The number of hydrogen-bond donors (Lipinski definition) is 0. The summed E-state index contributed by atoms with van der Waals surface area (Å²) in [5, 5.41) is 15.7. The van der Waals surface area contributed by atoms with Crippen LogP contribution in [-0.2, 0) is 16.1 Å². The van der Waals surface area contributed by atoms with Gasteiger partial charge in [0.1, 0.15) is 12.6 Å². The van der Waals surface area contributed by atoms with Crippen molar-refractivity contribution >= 4 is 35.2 Å². The normalized spacial score (nSPS) is 15.1. The number of nitrogens with zero attached hydrogens (tertiary/aromatic N) is 5. The molecule has 1 saturated heterocycles. The van der Waals surface area contributed by atoms with Gasteiger partial charge in [-0.1, -0.05) is 47.1 Å². The summed E-state index contributed by atoms with van der Waals surface area (Å²) in [6.07, 6.45) is 5.35. The van der Waals surface area contributed by atoms with Crippen LogP contribution in [0.25, 0.3) is 17.5 Å². The number of non-ortho nitro benzene ring substituents is 1. The number of piperidine rings is 1. The van der Waals surface area contributed by atoms with E-state index in [1.165, 1.54) is 23.1 Å². The van der Waals surface area contributed by atoms with Crippen molar-refractivity contribution in [2.24, 2.45) is 0 Å². The summed E-state index contributed by atoms with van der Waals surface area (Å²) in [5.41, 5.74) is 2.22. The molecule has 5 rings (SSSR count). The SMILES string of the molecule is O=C(/C=C/c1ccc([N+](=O)[O-])cc1)N(CC(=O)N1CCCCC1c1nc(-c2ccc(Cl)cc2)no1)Cc1ccccc1. The van der Waals surface area contributed by atoms with Crippen molar-refractivity contribution in [3.05, 3.63) is 117 Å². The number of aromatic nitrogens is 2. The maximum atomic E-state index is 13.7. The van der Waals surface area contributed by atoms with Gasteiger partial charge in [0.05, 0.1) is 4.92 Å². The highest BCUT2D eigenvalue weighted by molar-refractivity contribution is 6.30. The molecule has 42 heavy (non-hydrogen) atoms. The van der Waals surface area contributed by atoms with Gasteiger partial charge in [0.15, 0.2) is 0 Å². The van der Waals surface area contributed by atoms with E-state index >= 15 is 0 Å². The number of carbonyl (C=O) groups is 2. The minimum Gasteiger partial charge on any atom is -0.337 e. The molecule has 10 nitrogen and oxygen atoms in total. The molecule has 0 spiro atoms. The summed E-state index contributed by atoms with van der Waals surface area (Å²) in [5.74, 6) is 0.185. The largest absolute Gasteiger partial charge is 0.337 e. The molecule has 2 amide bonds. The number of carbonyl (C=O) groups excluding carboxylic acids is 2. The zero-order valence-corrected chi connectivity index (χ0v) is 23.4. The van der Waals surface area contributed by atoms with Crippen LogP contribution in [0, 0.1) is 10.1 Å². The van der Waals surface area contributed by atoms with E-state index in [0.717, 1.165) is 24.0 Å². The highest BCUT2D eigenvalue weighted by Gasteiger charge is 2.33. The number of nitro groups is 1. The first kappa shape index (κ1) is 28.7. The summed E-state index contributed by atoms with van der Waals surface area (Å²) in [6.45, 7) is 0.594. The van der Waals surface area contributed by atoms with E-state index in [1.54, 1.807) is 47.4 Å². The molecule has 0 saturated carbocycles. The second-order valence-electron chi connectivity index (χ2n) is 9.92. The van der Waals surface area contributed by atoms with Crippen molar-refractivity contribution in [1.82, 2.24) is 19.9 Å². The van der Waals surface area contributed by atoms with Crippen LogP contribution in [0.1, 0.15) is 42.3 Å². The fraction of sp³-hybridized carbons (Fsp3) is 0.226. The molecule has 11 heteroatoms. The fourth-order valence-corrected chi connectivity index (χ4v) is 4.95. The number of hydrogen-bond acceptors (Lipinski definition) is 7. The van der Waals surface area contributed by atoms with E-state index < -0.39 is 11.0 Å². The molecule has 1 aromatic heterocycles. The first-order chi connectivity index (χ1) is 20.4. The summed E-state index contributed by atoms with van der Waals surface area (Å²) < 4.78 is 5.61. The highest BCUT2D eigenvalue weighted by Crippen LogP contribution is 2.31. The van der Waals surface area contributed by atoms with Gasteiger partial charge in [0.25, 0.3) is 5.69 Å². The van der Waals surface area contributed by atoms with Crippen LogP contribution in [0.2, 0.25) is 5.02 Å². The Morgan fingerprint density at radius 1 is 1.05 bits per heavy atom. The van der Waals surface area contributed by atoms with Gasteiger partial charge in [0.2, 0.25) is 23.5 Å². The molecule has 2 heterocycles. The Kier molecular flexibility index (Phi) is 9.03. The smallest absolute Gasteiger partial charge is 0.269 e. The van der Waals surface area contributed by atoms with Gasteiger partial charge >= 0.3 is 0 Å². The Morgan fingerprint density at radius 2 is 1.79 bits per heavy atom. The van der Waals surface area contributed by atoms with E-state index in [4.69, 9.17) is 16.1 Å². The molecule has 1 aliphatic rings. The number of rotatable bonds is 9. The molecule has 0 aliphatic carbocycles. The first-order valence-electron chi connectivity index (χ1n) is 13.5. The fourth-order valence-electron chi connectivity index (χ4n) is 4.82. The lowest BCUT2D eigenvalue weighted by molar-refractivity contribution is -0.384. The molecular weight excluding hydrogens is 558 g/mol. The van der Waals surface area contributed by atoms with Gasteiger partial charge in [-0.25, -0.2) is 0 Å². The van der Waals surface area contributed by atoms with E-state index in [9.17, 15) is 19.7 Å². The van der Waals surface area contributed by atoms with Gasteiger partial charge < -0.3 is 14.3 Å². The lowest BCUT2D eigenvalue weighted by Crippen LogP contribution is -2.45. The van der Waals surface area contributed by atoms with Crippen LogP contribution in [0.15, 0.2) is 89.5 Å². The molecule has 0 bridgehead atoms. The zero-order chi connectivity index (χ0) is 29.5. The molecule has 1 unspecified atom stereocenters. The van der Waals surface area contributed by atoms with E-state index in [0.29, 0.717) is 35.3 Å². The predicted molar refractivity (Wildman–Crippen MR) is 157 cm³/mol. The number of halogens is 1. The van der Waals surface area contributed by atoms with Gasteiger partial charge in [-0.05, 0) is 72.9 Å². The maximum absolute atomic E-state index is 13.7. The Balaban J connectivity index is 1.33. The Morgan fingerprint density at radius 3 is 2.50 bits per heavy atom. The monoisotopic (exact) mass is 585 g/mol. The summed E-state index contributed by atoms with van der Waals surface area (Å²) in [4.78, 5) is 45.3. The van der Waals surface area contributed by atoms with Crippen molar-refractivity contribution in [3.8, 4) is 11.4 Å². The number of likely N-dealkylation sites (tertiary alicyclic amines) is 1. The molecule has 3 aromatic carbocycles. The molecule has 1 fully saturated rings. The molecule has 4 aromatic rings. The third-order valence-corrected chi connectivity index (χ3v) is 7.28. The summed E-state index contributed by atoms with van der Waals surface area (Å²) in [6, 6.07) is 22.0. The second kappa shape index (κ2) is 13.2. The van der Waals surface area contributed by atoms with Crippen LogP contribution in [-0.4, -0.2) is 49.8 Å². The van der Waals surface area contributed by atoms with Crippen molar-refractivity contribution in [2.75, 3.05) is 13.1 Å². The first-order valence-corrected chi connectivity index (χ1v) is 13.9. The van der Waals surface area contributed by atoms with Crippen molar-refractivity contribution in [3.63, 3.8) is 0 Å². The average molecular weight is 586 g/mol. The standard InChI is InChI=1S/C31H28ClN5O5/c32-25-14-12-24(13-15-25)30-33-31(42-34-30)27-8-4-5-19-36(27)29(39)21-35(20-23-6-2-1-3-7-23)28(38)18-11-22-9-16-26(17-10-22)37(40)41/h1-3,6-7,9-18,27H,4-5,8,19-21H2/b18-11+. The Hall–Kier alpha value is -4.83. The molecule has 1 aliphatic heterocycles. The van der Waals surface area contributed by atoms with Gasteiger partial charge in [0, 0.05) is 41.9 Å². The average Bonchev–Trinajstić information content (AvgIpc) is 3.51. The maximum Gasteiger partial charge on any atom is 0.269 e. The van der Waals surface area contributed by atoms with E-state index in [-0.39, 0.29) is 30.6 Å². The second-order valence-corrected chi connectivity index (χ2v) is 10.4. The Labute approximate surface area is 247 Å². The molecular formula is C31H28ClN5O5. The lowest BCUT2D eigenvalue weighted by Gasteiger charge is -2.35.